The number of nitrogens with one attached hydrogen (secondary N) is 1. The molecule has 2 fully saturated rings. The van der Waals surface area contributed by atoms with Gasteiger partial charge in [-0.05, 0) is 61.1 Å². The number of likely N-dealkylation sites (tertiary alicyclic amines) is 1. The Hall–Kier alpha value is -2.58. The van der Waals surface area contributed by atoms with Gasteiger partial charge in [0.1, 0.15) is 0 Å². The molecule has 0 bridgehead atoms. The van der Waals surface area contributed by atoms with E-state index in [0.717, 1.165) is 42.8 Å². The Morgan fingerprint density at radius 3 is 2.48 bits per heavy atom. The SMILES string of the molecule is O=C(C1CCN(c2ccncc2)CC1)N1CCC(=CNS(=O)(=O)CCc2ccc(Cl)cc2)C1. The number of rotatable bonds is 7. The third-order valence-electron chi connectivity index (χ3n) is 6.30. The molecule has 1 aromatic carbocycles. The zero-order chi connectivity index (χ0) is 23.3. The largest absolute Gasteiger partial charge is 0.371 e. The van der Waals surface area contributed by atoms with Gasteiger partial charge in [0.05, 0.1) is 5.75 Å². The molecule has 4 rings (SSSR count). The van der Waals surface area contributed by atoms with E-state index in [-0.39, 0.29) is 17.6 Å². The van der Waals surface area contributed by atoms with Gasteiger partial charge in [0.15, 0.2) is 0 Å². The standard InChI is InChI=1S/C24H29ClN4O3S/c25-22-3-1-19(2-4-22)10-16-33(31,32)27-17-20-7-13-29(18-20)24(30)21-8-14-28(15-9-21)23-5-11-26-12-6-23/h1-6,11-12,17,21,27H,7-10,13-16,18H2. The molecule has 0 radical (unpaired) electrons. The molecule has 9 heteroatoms. The molecular formula is C24H29ClN4O3S. The van der Waals surface area contributed by atoms with Crippen LogP contribution < -0.4 is 9.62 Å². The number of aryl methyl sites for hydroxylation is 1. The average Bonchev–Trinajstić information content (AvgIpc) is 3.32. The first-order valence-corrected chi connectivity index (χ1v) is 13.3. The normalized spacial score (nSPS) is 18.6. The van der Waals surface area contributed by atoms with Crippen molar-refractivity contribution >= 4 is 33.2 Å². The number of piperidine rings is 1. The minimum absolute atomic E-state index is 0.00287. The van der Waals surface area contributed by atoms with Crippen LogP contribution in [0, 0.1) is 5.92 Å². The second-order valence-corrected chi connectivity index (χ2v) is 10.9. The third-order valence-corrected chi connectivity index (χ3v) is 7.77. The average molecular weight is 489 g/mol. The molecule has 2 aliphatic rings. The van der Waals surface area contributed by atoms with Crippen LogP contribution in [0.2, 0.25) is 5.02 Å². The molecule has 2 aliphatic heterocycles. The van der Waals surface area contributed by atoms with Crippen LogP contribution in [0.15, 0.2) is 60.6 Å². The highest BCUT2D eigenvalue weighted by atomic mass is 35.5. The Labute approximate surface area is 200 Å². The van der Waals surface area contributed by atoms with Crippen LogP contribution in [0.4, 0.5) is 5.69 Å². The van der Waals surface area contributed by atoms with Crippen LogP contribution >= 0.6 is 11.6 Å². The number of sulfonamides is 1. The summed E-state index contributed by atoms with van der Waals surface area (Å²) >= 11 is 5.87. The van der Waals surface area contributed by atoms with Gasteiger partial charge in [-0.25, -0.2) is 8.42 Å². The molecule has 176 valence electrons. The van der Waals surface area contributed by atoms with Gasteiger partial charge in [-0.1, -0.05) is 23.7 Å². The number of nitrogens with zero attached hydrogens (tertiary/aromatic N) is 3. The quantitative estimate of drug-likeness (QED) is 0.647. The Balaban J connectivity index is 1.24. The summed E-state index contributed by atoms with van der Waals surface area (Å²) in [5, 5.41) is 0.629. The van der Waals surface area contributed by atoms with Gasteiger partial charge in [0.2, 0.25) is 15.9 Å². The lowest BCUT2D eigenvalue weighted by molar-refractivity contribution is -0.134. The number of amides is 1. The summed E-state index contributed by atoms with van der Waals surface area (Å²) in [7, 11) is -3.44. The second kappa shape index (κ2) is 10.6. The molecule has 0 spiro atoms. The number of carbonyl (C=O) groups excluding carboxylic acids is 1. The highest BCUT2D eigenvalue weighted by Gasteiger charge is 2.31. The van der Waals surface area contributed by atoms with E-state index in [1.54, 1.807) is 30.7 Å². The fraction of sp³-hybridized carbons (Fsp3) is 0.417. The van der Waals surface area contributed by atoms with Crippen molar-refractivity contribution in [2.75, 3.05) is 36.8 Å². The minimum Gasteiger partial charge on any atom is -0.371 e. The molecule has 0 saturated carbocycles. The fourth-order valence-corrected chi connectivity index (χ4v) is 5.42. The van der Waals surface area contributed by atoms with Crippen molar-refractivity contribution in [1.29, 1.82) is 0 Å². The maximum Gasteiger partial charge on any atom is 0.232 e. The molecule has 33 heavy (non-hydrogen) atoms. The third kappa shape index (κ3) is 6.48. The van der Waals surface area contributed by atoms with Gasteiger partial charge in [0.25, 0.3) is 0 Å². The van der Waals surface area contributed by atoms with Crippen molar-refractivity contribution in [2.24, 2.45) is 5.92 Å². The van der Waals surface area contributed by atoms with Gasteiger partial charge >= 0.3 is 0 Å². The molecule has 2 aromatic rings. The lowest BCUT2D eigenvalue weighted by atomic mass is 9.95. The van der Waals surface area contributed by atoms with Crippen molar-refractivity contribution in [3.8, 4) is 0 Å². The zero-order valence-corrected chi connectivity index (χ0v) is 20.1. The summed E-state index contributed by atoms with van der Waals surface area (Å²) in [4.78, 5) is 21.2. The Kier molecular flexibility index (Phi) is 7.55. The molecule has 3 heterocycles. The monoisotopic (exact) mass is 488 g/mol. The molecule has 7 nitrogen and oxygen atoms in total. The molecule has 1 aromatic heterocycles. The predicted octanol–water partition coefficient (Wildman–Crippen LogP) is 3.23. The van der Waals surface area contributed by atoms with Gasteiger partial charge in [-0.3, -0.25) is 14.5 Å². The van der Waals surface area contributed by atoms with E-state index in [1.807, 2.05) is 29.2 Å². The van der Waals surface area contributed by atoms with Crippen molar-refractivity contribution in [3.05, 3.63) is 71.2 Å². The number of benzene rings is 1. The summed E-state index contributed by atoms with van der Waals surface area (Å²) in [5.74, 6) is 0.203. The zero-order valence-electron chi connectivity index (χ0n) is 18.5. The van der Waals surface area contributed by atoms with Crippen LogP contribution in [0.1, 0.15) is 24.8 Å². The maximum absolute atomic E-state index is 13.0. The van der Waals surface area contributed by atoms with E-state index in [2.05, 4.69) is 14.6 Å². The van der Waals surface area contributed by atoms with E-state index in [1.165, 1.54) is 0 Å². The molecular weight excluding hydrogens is 460 g/mol. The Bertz CT molecular complexity index is 1080. The molecule has 0 aliphatic carbocycles. The van der Waals surface area contributed by atoms with Crippen LogP contribution in [0.3, 0.4) is 0 Å². The van der Waals surface area contributed by atoms with Gasteiger partial charge < -0.3 is 9.80 Å². The highest BCUT2D eigenvalue weighted by Crippen LogP contribution is 2.26. The molecule has 2 saturated heterocycles. The minimum atomic E-state index is -3.44. The topological polar surface area (TPSA) is 82.6 Å². The first-order chi connectivity index (χ1) is 15.9. The summed E-state index contributed by atoms with van der Waals surface area (Å²) in [5.41, 5.74) is 3.00. The maximum atomic E-state index is 13.0. The van der Waals surface area contributed by atoms with Crippen LogP contribution in [0.5, 0.6) is 0 Å². The number of anilines is 1. The van der Waals surface area contributed by atoms with Crippen LogP contribution in [0.25, 0.3) is 0 Å². The Morgan fingerprint density at radius 2 is 1.79 bits per heavy atom. The second-order valence-electron chi connectivity index (χ2n) is 8.59. The number of hydrogen-bond donors (Lipinski definition) is 1. The molecule has 1 amide bonds. The van der Waals surface area contributed by atoms with Crippen LogP contribution in [-0.4, -0.2) is 56.1 Å². The smallest absolute Gasteiger partial charge is 0.232 e. The van der Waals surface area contributed by atoms with Crippen LogP contribution in [-0.2, 0) is 21.2 Å². The number of hydrogen-bond acceptors (Lipinski definition) is 5. The predicted molar refractivity (Wildman–Crippen MR) is 131 cm³/mol. The molecule has 0 atom stereocenters. The van der Waals surface area contributed by atoms with E-state index < -0.39 is 10.0 Å². The highest BCUT2D eigenvalue weighted by molar-refractivity contribution is 7.89. The molecule has 0 unspecified atom stereocenters. The van der Waals surface area contributed by atoms with Gasteiger partial charge in [-0.15, -0.1) is 0 Å². The number of halogens is 1. The first-order valence-electron chi connectivity index (χ1n) is 11.3. The van der Waals surface area contributed by atoms with E-state index >= 15 is 0 Å². The van der Waals surface area contributed by atoms with Gasteiger partial charge in [0, 0.05) is 61.4 Å². The van der Waals surface area contributed by atoms with E-state index in [0.29, 0.717) is 31.0 Å². The van der Waals surface area contributed by atoms with Crippen molar-refractivity contribution in [2.45, 2.75) is 25.7 Å². The van der Waals surface area contributed by atoms with Crippen molar-refractivity contribution < 1.29 is 13.2 Å². The van der Waals surface area contributed by atoms with E-state index in [4.69, 9.17) is 11.6 Å². The Morgan fingerprint density at radius 1 is 1.09 bits per heavy atom. The number of pyridine rings is 1. The van der Waals surface area contributed by atoms with E-state index in [9.17, 15) is 13.2 Å². The number of carbonyl (C=O) groups is 1. The van der Waals surface area contributed by atoms with Crippen molar-refractivity contribution in [3.63, 3.8) is 0 Å². The summed E-state index contributed by atoms with van der Waals surface area (Å²) in [6, 6.07) is 11.2. The number of aromatic nitrogens is 1. The molecule has 1 N–H and O–H groups in total. The fourth-order valence-electron chi connectivity index (χ4n) is 4.32. The van der Waals surface area contributed by atoms with Crippen molar-refractivity contribution in [1.82, 2.24) is 14.6 Å². The lowest BCUT2D eigenvalue weighted by Gasteiger charge is -2.34. The lowest BCUT2D eigenvalue weighted by Crippen LogP contribution is -2.41. The first kappa shape index (κ1) is 23.6. The summed E-state index contributed by atoms with van der Waals surface area (Å²) in [6.45, 7) is 2.83. The van der Waals surface area contributed by atoms with Gasteiger partial charge in [-0.2, -0.15) is 0 Å². The summed E-state index contributed by atoms with van der Waals surface area (Å²) < 4.78 is 27.3. The summed E-state index contributed by atoms with van der Waals surface area (Å²) in [6.07, 6.45) is 7.91.